The van der Waals surface area contributed by atoms with E-state index >= 15 is 0 Å². The summed E-state index contributed by atoms with van der Waals surface area (Å²) >= 11 is 0. The Kier molecular flexibility index (Phi) is 33.7. The summed E-state index contributed by atoms with van der Waals surface area (Å²) in [7, 11) is 0. The highest BCUT2D eigenvalue weighted by atomic mass is 16.8. The van der Waals surface area contributed by atoms with E-state index in [9.17, 15) is 61.0 Å². The van der Waals surface area contributed by atoms with Crippen molar-refractivity contribution in [3.8, 4) is 0 Å². The van der Waals surface area contributed by atoms with Crippen molar-refractivity contribution in [2.24, 2.45) is 0 Å². The Morgan fingerprint density at radius 1 is 0.500 bits per heavy atom. The second-order valence-electron chi connectivity index (χ2n) is 19.7. The summed E-state index contributed by atoms with van der Waals surface area (Å²) in [5, 5.41) is 119. The fraction of sp³-hybridized carbons (Fsp3) is 0.868. The van der Waals surface area contributed by atoms with E-state index in [0.717, 1.165) is 44.9 Å². The number of aliphatic hydroxyl groups excluding tert-OH is 11. The normalized spacial score (nSPS) is 32.3. The molecule has 17 unspecified atom stereocenters. The van der Waals surface area contributed by atoms with Crippen LogP contribution in [0.1, 0.15) is 162 Å². The lowest BCUT2D eigenvalue weighted by molar-refractivity contribution is -0.379. The zero-order chi connectivity index (χ0) is 52.7. The highest BCUT2D eigenvalue weighted by Crippen LogP contribution is 2.33. The largest absolute Gasteiger partial charge is 0.394 e. The molecule has 1 amide bonds. The van der Waals surface area contributed by atoms with E-state index < -0.39 is 124 Å². The van der Waals surface area contributed by atoms with Crippen LogP contribution in [0.15, 0.2) is 36.5 Å². The molecule has 0 spiro atoms. The summed E-state index contributed by atoms with van der Waals surface area (Å²) in [6, 6.07) is -0.968. The van der Waals surface area contributed by atoms with Gasteiger partial charge in [0.2, 0.25) is 5.91 Å². The summed E-state index contributed by atoms with van der Waals surface area (Å²) in [6.45, 7) is 1.51. The van der Waals surface area contributed by atoms with Crippen molar-refractivity contribution >= 4 is 5.91 Å². The van der Waals surface area contributed by atoms with Gasteiger partial charge in [-0.2, -0.15) is 0 Å². The molecule has 17 atom stereocenters. The Balaban J connectivity index is 1.40. The maximum atomic E-state index is 13.1. The number of hydrogen-bond acceptors (Lipinski definition) is 18. The number of allylic oxidation sites excluding steroid dienone is 5. The zero-order valence-corrected chi connectivity index (χ0v) is 43.1. The molecule has 0 aromatic rings. The number of nitrogens with one attached hydrogen (secondary N) is 1. The molecule has 3 aliphatic heterocycles. The lowest BCUT2D eigenvalue weighted by Gasteiger charge is -2.48. The number of aliphatic hydroxyl groups is 11. The van der Waals surface area contributed by atoms with Gasteiger partial charge in [0.1, 0.15) is 73.2 Å². The van der Waals surface area contributed by atoms with Crippen molar-refractivity contribution in [3.63, 3.8) is 0 Å². The SMILES string of the molecule is CCCC/C=C/C(O)C(COC1OC(CO)C(OC2OC(CO)C(OC3OC(CO)C(O)C(O)C3O)C(O)C2O)C(O)C1O)NC(=O)CCCCCCCCCCCCC/C=C\C/C=C\CCCCCCC. The number of carbonyl (C=O) groups excluding carboxylic acids is 1. The van der Waals surface area contributed by atoms with Gasteiger partial charge < -0.3 is 89.9 Å². The van der Waals surface area contributed by atoms with Crippen molar-refractivity contribution in [3.05, 3.63) is 36.5 Å². The molecule has 3 fully saturated rings. The van der Waals surface area contributed by atoms with Crippen molar-refractivity contribution in [2.75, 3.05) is 26.4 Å². The summed E-state index contributed by atoms with van der Waals surface area (Å²) in [4.78, 5) is 13.1. The molecule has 0 saturated carbocycles. The van der Waals surface area contributed by atoms with Gasteiger partial charge in [-0.05, 0) is 44.9 Å². The Labute approximate surface area is 428 Å². The molecule has 0 bridgehead atoms. The maximum Gasteiger partial charge on any atom is 0.220 e. The van der Waals surface area contributed by atoms with Crippen LogP contribution in [-0.4, -0.2) is 193 Å². The highest BCUT2D eigenvalue weighted by Gasteiger charge is 2.53. The monoisotopic (exact) mass is 1030 g/mol. The first-order chi connectivity index (χ1) is 34.8. The number of ether oxygens (including phenoxy) is 6. The molecule has 0 radical (unpaired) electrons. The van der Waals surface area contributed by atoms with Gasteiger partial charge >= 0.3 is 0 Å². The zero-order valence-electron chi connectivity index (χ0n) is 43.1. The van der Waals surface area contributed by atoms with Crippen LogP contribution in [0.4, 0.5) is 0 Å². The van der Waals surface area contributed by atoms with Gasteiger partial charge in [-0.1, -0.05) is 147 Å². The molecule has 0 aliphatic carbocycles. The van der Waals surface area contributed by atoms with Crippen molar-refractivity contribution < 1.29 is 89.4 Å². The third-order valence-electron chi connectivity index (χ3n) is 13.7. The van der Waals surface area contributed by atoms with E-state index in [1.165, 1.54) is 83.5 Å². The standard InChI is InChI=1S/C53H95NO18/c1-3-5-7-9-10-11-12-13-14-15-16-17-18-19-20-21-22-23-24-25-26-27-29-31-41(59)54-36(37(58)30-28-8-6-4-2)35-67-51-47(65)44(62)49(39(33-56)69-51)72-53-48(66)45(63)50(40(34-57)70-53)71-52-46(64)43(61)42(60)38(32-55)68-52/h12-13,15-16,28,30,36-40,42-53,55-58,60-66H,3-11,14,17-27,29,31-35H2,1-2H3,(H,54,59)/b13-12-,16-15-,30-28+. The van der Waals surface area contributed by atoms with E-state index in [2.05, 4.69) is 36.5 Å². The number of unbranched alkanes of at least 4 members (excludes halogenated alkanes) is 18. The van der Waals surface area contributed by atoms with Gasteiger partial charge in [-0.3, -0.25) is 4.79 Å². The van der Waals surface area contributed by atoms with Crippen molar-refractivity contribution in [1.82, 2.24) is 5.32 Å². The first-order valence-electron chi connectivity index (χ1n) is 27.2. The van der Waals surface area contributed by atoms with Crippen LogP contribution < -0.4 is 5.32 Å². The number of carbonyl (C=O) groups is 1. The van der Waals surface area contributed by atoms with Crippen molar-refractivity contribution in [1.29, 1.82) is 0 Å². The third-order valence-corrected chi connectivity index (χ3v) is 13.7. The minimum absolute atomic E-state index is 0.238. The average molecular weight is 1030 g/mol. The molecular weight excluding hydrogens is 939 g/mol. The molecule has 19 nitrogen and oxygen atoms in total. The predicted octanol–water partition coefficient (Wildman–Crippen LogP) is 2.98. The molecule has 0 aromatic carbocycles. The fourth-order valence-electron chi connectivity index (χ4n) is 9.09. The Hall–Kier alpha value is -1.99. The Morgan fingerprint density at radius 3 is 1.44 bits per heavy atom. The molecule has 0 aromatic heterocycles. The minimum Gasteiger partial charge on any atom is -0.394 e. The fourth-order valence-corrected chi connectivity index (χ4v) is 9.09. The second-order valence-corrected chi connectivity index (χ2v) is 19.7. The minimum atomic E-state index is -1.97. The van der Waals surface area contributed by atoms with E-state index in [0.29, 0.717) is 12.8 Å². The summed E-state index contributed by atoms with van der Waals surface area (Å²) in [5.41, 5.74) is 0. The van der Waals surface area contributed by atoms with Crippen LogP contribution >= 0.6 is 0 Å². The quantitative estimate of drug-likeness (QED) is 0.0313. The number of hydrogen-bond donors (Lipinski definition) is 12. The van der Waals surface area contributed by atoms with E-state index in [4.69, 9.17) is 28.4 Å². The smallest absolute Gasteiger partial charge is 0.220 e. The third kappa shape index (κ3) is 22.7. The molecular formula is C53H95NO18. The highest BCUT2D eigenvalue weighted by molar-refractivity contribution is 5.76. The van der Waals surface area contributed by atoms with E-state index in [1.54, 1.807) is 6.08 Å². The van der Waals surface area contributed by atoms with Gasteiger partial charge in [-0.25, -0.2) is 0 Å². The Bertz CT molecular complexity index is 1470. The molecule has 3 heterocycles. The van der Waals surface area contributed by atoms with Gasteiger partial charge in [0.15, 0.2) is 18.9 Å². The topological polar surface area (TPSA) is 307 Å². The molecule has 3 saturated heterocycles. The molecule has 12 N–H and O–H groups in total. The summed E-state index contributed by atoms with van der Waals surface area (Å²) in [5.74, 6) is -0.289. The molecule has 3 rings (SSSR count). The Morgan fingerprint density at radius 2 is 0.931 bits per heavy atom. The van der Waals surface area contributed by atoms with Crippen LogP contribution in [-0.2, 0) is 33.2 Å². The number of rotatable bonds is 38. The number of amides is 1. The first kappa shape index (κ1) is 64.3. The van der Waals surface area contributed by atoms with Gasteiger partial charge in [-0.15, -0.1) is 0 Å². The second kappa shape index (κ2) is 37.7. The van der Waals surface area contributed by atoms with E-state index in [-0.39, 0.29) is 18.9 Å². The molecule has 19 heteroatoms. The van der Waals surface area contributed by atoms with Crippen LogP contribution in [0.3, 0.4) is 0 Å². The average Bonchev–Trinajstić information content (AvgIpc) is 3.38. The molecule has 420 valence electrons. The first-order valence-corrected chi connectivity index (χ1v) is 27.2. The van der Waals surface area contributed by atoms with Crippen LogP contribution in [0.25, 0.3) is 0 Å². The van der Waals surface area contributed by atoms with Crippen LogP contribution in [0.2, 0.25) is 0 Å². The van der Waals surface area contributed by atoms with E-state index in [1.807, 2.05) is 13.0 Å². The van der Waals surface area contributed by atoms with Gasteiger partial charge in [0, 0.05) is 6.42 Å². The lowest BCUT2D eigenvalue weighted by Crippen LogP contribution is -2.66. The van der Waals surface area contributed by atoms with Crippen LogP contribution in [0.5, 0.6) is 0 Å². The van der Waals surface area contributed by atoms with Gasteiger partial charge in [0.05, 0.1) is 38.6 Å². The predicted molar refractivity (Wildman–Crippen MR) is 268 cm³/mol. The molecule has 72 heavy (non-hydrogen) atoms. The summed E-state index contributed by atoms with van der Waals surface area (Å²) in [6.07, 6.45) is 11.0. The maximum absolute atomic E-state index is 13.1. The lowest BCUT2D eigenvalue weighted by atomic mass is 9.96. The van der Waals surface area contributed by atoms with Gasteiger partial charge in [0.25, 0.3) is 0 Å². The van der Waals surface area contributed by atoms with Crippen LogP contribution in [0, 0.1) is 0 Å². The molecule has 3 aliphatic rings. The summed E-state index contributed by atoms with van der Waals surface area (Å²) < 4.78 is 33.9. The van der Waals surface area contributed by atoms with Crippen molar-refractivity contribution in [2.45, 2.75) is 266 Å².